The fourth-order valence-electron chi connectivity index (χ4n) is 1.80. The summed E-state index contributed by atoms with van der Waals surface area (Å²) in [5, 5.41) is 0. The second-order valence-electron chi connectivity index (χ2n) is 4.70. The number of carbonyl (C=O) groups is 3. The van der Waals surface area contributed by atoms with Crippen LogP contribution in [-0.2, 0) is 14.3 Å². The number of ether oxygens (including phenoxy) is 2. The molecule has 0 aliphatic heterocycles. The standard InChI is InChI=1S/C15H18O5/c1-5-19-14(18)12-9-7-6-8-11(12)13(17)15(3,4)20-10(2)16/h6-9H,5H2,1-4H3. The first-order valence-corrected chi connectivity index (χ1v) is 6.30. The van der Waals surface area contributed by atoms with Crippen LogP contribution in [0.3, 0.4) is 0 Å². The molecule has 0 fully saturated rings. The highest BCUT2D eigenvalue weighted by Crippen LogP contribution is 2.21. The third kappa shape index (κ3) is 3.66. The summed E-state index contributed by atoms with van der Waals surface area (Å²) in [6.45, 7) is 6.10. The lowest BCUT2D eigenvalue weighted by Crippen LogP contribution is -2.37. The first-order chi connectivity index (χ1) is 9.29. The number of hydrogen-bond acceptors (Lipinski definition) is 5. The fourth-order valence-corrected chi connectivity index (χ4v) is 1.80. The molecule has 0 N–H and O–H groups in total. The molecule has 1 rings (SSSR count). The van der Waals surface area contributed by atoms with Gasteiger partial charge in [0.15, 0.2) is 5.60 Å². The van der Waals surface area contributed by atoms with Gasteiger partial charge in [-0.3, -0.25) is 9.59 Å². The Morgan fingerprint density at radius 3 is 2.15 bits per heavy atom. The van der Waals surface area contributed by atoms with Gasteiger partial charge < -0.3 is 9.47 Å². The molecule has 0 spiro atoms. The maximum absolute atomic E-state index is 12.4. The van der Waals surface area contributed by atoms with Gasteiger partial charge in [-0.15, -0.1) is 0 Å². The molecule has 5 nitrogen and oxygen atoms in total. The van der Waals surface area contributed by atoms with Crippen molar-refractivity contribution in [1.82, 2.24) is 0 Å². The molecule has 1 aromatic carbocycles. The molecule has 0 saturated heterocycles. The Morgan fingerprint density at radius 1 is 1.10 bits per heavy atom. The van der Waals surface area contributed by atoms with E-state index in [0.29, 0.717) is 0 Å². The zero-order valence-corrected chi connectivity index (χ0v) is 12.1. The van der Waals surface area contributed by atoms with Crippen LogP contribution in [0, 0.1) is 0 Å². The van der Waals surface area contributed by atoms with Crippen molar-refractivity contribution < 1.29 is 23.9 Å². The maximum atomic E-state index is 12.4. The first kappa shape index (κ1) is 15.9. The summed E-state index contributed by atoms with van der Waals surface area (Å²) in [5.74, 6) is -1.58. The zero-order chi connectivity index (χ0) is 15.3. The van der Waals surface area contributed by atoms with Crippen LogP contribution in [0.1, 0.15) is 48.4 Å². The van der Waals surface area contributed by atoms with E-state index in [2.05, 4.69) is 0 Å². The number of hydrogen-bond donors (Lipinski definition) is 0. The predicted molar refractivity (Wildman–Crippen MR) is 72.6 cm³/mol. The van der Waals surface area contributed by atoms with Crippen molar-refractivity contribution in [2.45, 2.75) is 33.3 Å². The van der Waals surface area contributed by atoms with Crippen LogP contribution in [-0.4, -0.2) is 29.9 Å². The van der Waals surface area contributed by atoms with Crippen LogP contribution in [0.5, 0.6) is 0 Å². The molecular weight excluding hydrogens is 260 g/mol. The van der Waals surface area contributed by atoms with Gasteiger partial charge in [-0.25, -0.2) is 4.79 Å². The molecule has 0 atom stereocenters. The average molecular weight is 278 g/mol. The van der Waals surface area contributed by atoms with E-state index < -0.39 is 23.3 Å². The Labute approximate surface area is 117 Å². The number of esters is 2. The summed E-state index contributed by atoms with van der Waals surface area (Å²) in [6.07, 6.45) is 0. The third-order valence-corrected chi connectivity index (χ3v) is 2.61. The van der Waals surface area contributed by atoms with Gasteiger partial charge in [0, 0.05) is 12.5 Å². The van der Waals surface area contributed by atoms with Gasteiger partial charge in [-0.2, -0.15) is 0 Å². The molecule has 0 aromatic heterocycles. The van der Waals surface area contributed by atoms with Crippen LogP contribution >= 0.6 is 0 Å². The molecule has 0 radical (unpaired) electrons. The Balaban J connectivity index is 3.16. The lowest BCUT2D eigenvalue weighted by molar-refractivity contribution is -0.149. The highest BCUT2D eigenvalue weighted by atomic mass is 16.6. The molecule has 0 saturated carbocycles. The van der Waals surface area contributed by atoms with Crippen LogP contribution in [0.2, 0.25) is 0 Å². The molecule has 0 heterocycles. The highest BCUT2D eigenvalue weighted by Gasteiger charge is 2.34. The molecule has 20 heavy (non-hydrogen) atoms. The van der Waals surface area contributed by atoms with E-state index in [1.54, 1.807) is 19.1 Å². The zero-order valence-electron chi connectivity index (χ0n) is 12.1. The molecule has 0 amide bonds. The van der Waals surface area contributed by atoms with Crippen molar-refractivity contribution in [2.24, 2.45) is 0 Å². The van der Waals surface area contributed by atoms with Gasteiger partial charge in [-0.05, 0) is 26.8 Å². The fraction of sp³-hybridized carbons (Fsp3) is 0.400. The molecule has 0 bridgehead atoms. The second-order valence-corrected chi connectivity index (χ2v) is 4.70. The summed E-state index contributed by atoms with van der Waals surface area (Å²) in [6, 6.07) is 6.30. The van der Waals surface area contributed by atoms with Crippen molar-refractivity contribution in [1.29, 1.82) is 0 Å². The van der Waals surface area contributed by atoms with Crippen molar-refractivity contribution in [3.05, 3.63) is 35.4 Å². The highest BCUT2D eigenvalue weighted by molar-refractivity contribution is 6.10. The molecule has 0 aliphatic rings. The van der Waals surface area contributed by atoms with Crippen molar-refractivity contribution in [3.8, 4) is 0 Å². The topological polar surface area (TPSA) is 69.7 Å². The van der Waals surface area contributed by atoms with E-state index in [1.165, 1.54) is 32.9 Å². The van der Waals surface area contributed by atoms with Gasteiger partial charge in [0.25, 0.3) is 0 Å². The van der Waals surface area contributed by atoms with Gasteiger partial charge in [0.05, 0.1) is 12.2 Å². The smallest absolute Gasteiger partial charge is 0.338 e. The molecule has 0 unspecified atom stereocenters. The number of carbonyl (C=O) groups excluding carboxylic acids is 3. The minimum atomic E-state index is -1.34. The molecular formula is C15H18O5. The first-order valence-electron chi connectivity index (χ1n) is 6.30. The Kier molecular flexibility index (Phi) is 5.02. The van der Waals surface area contributed by atoms with Crippen LogP contribution < -0.4 is 0 Å². The summed E-state index contributed by atoms with van der Waals surface area (Å²) in [7, 11) is 0. The Hall–Kier alpha value is -2.17. The van der Waals surface area contributed by atoms with Gasteiger partial charge in [-0.1, -0.05) is 18.2 Å². The van der Waals surface area contributed by atoms with Crippen LogP contribution in [0.15, 0.2) is 24.3 Å². The number of Topliss-reactive ketones (excluding diaryl/α,β-unsaturated/α-hetero) is 1. The summed E-state index contributed by atoms with van der Waals surface area (Å²) >= 11 is 0. The van der Waals surface area contributed by atoms with Crippen LogP contribution in [0.4, 0.5) is 0 Å². The monoisotopic (exact) mass is 278 g/mol. The SMILES string of the molecule is CCOC(=O)c1ccccc1C(=O)C(C)(C)OC(C)=O. The van der Waals surface area contributed by atoms with Crippen LogP contribution in [0.25, 0.3) is 0 Å². The largest absolute Gasteiger partial charge is 0.462 e. The minimum Gasteiger partial charge on any atom is -0.462 e. The molecule has 0 aliphatic carbocycles. The second kappa shape index (κ2) is 6.32. The summed E-state index contributed by atoms with van der Waals surface area (Å²) in [4.78, 5) is 35.3. The predicted octanol–water partition coefficient (Wildman–Crippen LogP) is 2.39. The van der Waals surface area contributed by atoms with Crippen molar-refractivity contribution >= 4 is 17.7 Å². The minimum absolute atomic E-state index is 0.166. The van der Waals surface area contributed by atoms with E-state index in [9.17, 15) is 14.4 Å². The van der Waals surface area contributed by atoms with Crippen molar-refractivity contribution in [3.63, 3.8) is 0 Å². The van der Waals surface area contributed by atoms with Gasteiger partial charge in [0.1, 0.15) is 0 Å². The van der Waals surface area contributed by atoms with E-state index >= 15 is 0 Å². The summed E-state index contributed by atoms with van der Waals surface area (Å²) in [5.41, 5.74) is -0.995. The van der Waals surface area contributed by atoms with E-state index in [4.69, 9.17) is 9.47 Å². The lowest BCUT2D eigenvalue weighted by atomic mass is 9.93. The maximum Gasteiger partial charge on any atom is 0.338 e. The van der Waals surface area contributed by atoms with Gasteiger partial charge in [0.2, 0.25) is 5.78 Å². The van der Waals surface area contributed by atoms with E-state index in [0.717, 1.165) is 0 Å². The number of rotatable bonds is 5. The number of ketones is 1. The summed E-state index contributed by atoms with van der Waals surface area (Å²) < 4.78 is 9.92. The number of benzene rings is 1. The van der Waals surface area contributed by atoms with E-state index in [-0.39, 0.29) is 17.7 Å². The Morgan fingerprint density at radius 2 is 1.65 bits per heavy atom. The average Bonchev–Trinajstić information content (AvgIpc) is 2.36. The lowest BCUT2D eigenvalue weighted by Gasteiger charge is -2.23. The molecule has 1 aromatic rings. The van der Waals surface area contributed by atoms with E-state index in [1.807, 2.05) is 0 Å². The van der Waals surface area contributed by atoms with Gasteiger partial charge >= 0.3 is 11.9 Å². The normalized spacial score (nSPS) is 10.8. The third-order valence-electron chi connectivity index (χ3n) is 2.61. The quantitative estimate of drug-likeness (QED) is 0.611. The molecule has 108 valence electrons. The Bertz CT molecular complexity index is 531. The molecule has 5 heteroatoms. The van der Waals surface area contributed by atoms with Crippen molar-refractivity contribution in [2.75, 3.05) is 6.61 Å².